The fourth-order valence-corrected chi connectivity index (χ4v) is 5.01. The highest BCUT2D eigenvalue weighted by Gasteiger charge is 2.33. The number of nitrogens with zero attached hydrogens (tertiary/aromatic N) is 2. The SMILES string of the molecule is CCOC(=O)C1=C(C)N=c2sc(=Cc3ccc(OC(C)C)cc3)c(=O)n2[C@H]1c1ccc(OC)cc1. The summed E-state index contributed by atoms with van der Waals surface area (Å²) in [6.45, 7) is 7.70. The minimum atomic E-state index is -0.653. The van der Waals surface area contributed by atoms with Gasteiger partial charge in [-0.3, -0.25) is 9.36 Å². The highest BCUT2D eigenvalue weighted by molar-refractivity contribution is 7.07. The van der Waals surface area contributed by atoms with Crippen LogP contribution in [-0.4, -0.2) is 30.4 Å². The third-order valence-corrected chi connectivity index (χ3v) is 6.48. The average Bonchev–Trinajstić information content (AvgIpc) is 3.13. The molecule has 0 unspecified atom stereocenters. The van der Waals surface area contributed by atoms with Crippen LogP contribution in [-0.2, 0) is 9.53 Å². The van der Waals surface area contributed by atoms with Crippen molar-refractivity contribution in [1.82, 2.24) is 4.57 Å². The molecule has 7 nitrogen and oxygen atoms in total. The minimum absolute atomic E-state index is 0.0827. The van der Waals surface area contributed by atoms with E-state index in [1.165, 1.54) is 11.3 Å². The van der Waals surface area contributed by atoms with Gasteiger partial charge in [-0.1, -0.05) is 35.6 Å². The van der Waals surface area contributed by atoms with E-state index in [2.05, 4.69) is 4.99 Å². The molecule has 0 saturated heterocycles. The summed E-state index contributed by atoms with van der Waals surface area (Å²) in [5.74, 6) is 0.974. The van der Waals surface area contributed by atoms with Gasteiger partial charge in [-0.2, -0.15) is 0 Å². The predicted octanol–water partition coefficient (Wildman–Crippen LogP) is 3.59. The van der Waals surface area contributed by atoms with Crippen molar-refractivity contribution in [2.45, 2.75) is 39.8 Å². The number of fused-ring (bicyclic) bond motifs is 1. The number of hydrogen-bond acceptors (Lipinski definition) is 7. The van der Waals surface area contributed by atoms with Crippen LogP contribution in [0.1, 0.15) is 44.9 Å². The third kappa shape index (κ3) is 5.07. The van der Waals surface area contributed by atoms with Gasteiger partial charge in [-0.15, -0.1) is 0 Å². The van der Waals surface area contributed by atoms with Crippen LogP contribution >= 0.6 is 11.3 Å². The van der Waals surface area contributed by atoms with E-state index in [1.54, 1.807) is 25.5 Å². The summed E-state index contributed by atoms with van der Waals surface area (Å²) in [5, 5.41) is 0. The van der Waals surface area contributed by atoms with E-state index in [0.717, 1.165) is 16.9 Å². The van der Waals surface area contributed by atoms with Crippen molar-refractivity contribution in [2.75, 3.05) is 13.7 Å². The van der Waals surface area contributed by atoms with Gasteiger partial charge >= 0.3 is 5.97 Å². The van der Waals surface area contributed by atoms with E-state index in [1.807, 2.05) is 68.5 Å². The quantitative estimate of drug-likeness (QED) is 0.471. The Morgan fingerprint density at radius 2 is 1.77 bits per heavy atom. The van der Waals surface area contributed by atoms with Crippen LogP contribution in [0.5, 0.6) is 11.5 Å². The molecule has 1 atom stereocenters. The molecule has 1 aromatic heterocycles. The average molecular weight is 493 g/mol. The number of benzene rings is 2. The molecule has 2 aromatic carbocycles. The number of carbonyl (C=O) groups is 1. The lowest BCUT2D eigenvalue weighted by Crippen LogP contribution is -2.39. The summed E-state index contributed by atoms with van der Waals surface area (Å²) in [6, 6.07) is 14.3. The van der Waals surface area contributed by atoms with Crippen LogP contribution in [0.3, 0.4) is 0 Å². The van der Waals surface area contributed by atoms with Gasteiger partial charge in [0.15, 0.2) is 4.80 Å². The Morgan fingerprint density at radius 1 is 1.11 bits per heavy atom. The maximum absolute atomic E-state index is 13.6. The highest BCUT2D eigenvalue weighted by Crippen LogP contribution is 2.31. The summed E-state index contributed by atoms with van der Waals surface area (Å²) in [6.07, 6.45) is 1.91. The van der Waals surface area contributed by atoms with Crippen LogP contribution < -0.4 is 24.4 Å². The van der Waals surface area contributed by atoms with E-state index in [9.17, 15) is 9.59 Å². The van der Waals surface area contributed by atoms with Gasteiger partial charge in [-0.25, -0.2) is 9.79 Å². The zero-order chi connectivity index (χ0) is 25.1. The standard InChI is InChI=1S/C27H28N2O5S/c1-6-33-26(31)23-17(4)28-27-29(24(23)19-9-13-20(32-5)14-10-19)25(30)22(35-27)15-18-7-11-21(12-8-18)34-16(2)3/h7-16,24H,6H2,1-5H3/t24-/m0/s1. The molecule has 4 rings (SSSR count). The molecule has 0 fully saturated rings. The molecule has 1 aliphatic rings. The Kier molecular flexibility index (Phi) is 7.21. The molecule has 2 heterocycles. The molecule has 0 radical (unpaired) electrons. The number of aromatic nitrogens is 1. The first-order chi connectivity index (χ1) is 16.8. The number of rotatable bonds is 7. The monoisotopic (exact) mass is 492 g/mol. The van der Waals surface area contributed by atoms with E-state index in [-0.39, 0.29) is 18.3 Å². The van der Waals surface area contributed by atoms with Gasteiger partial charge < -0.3 is 14.2 Å². The van der Waals surface area contributed by atoms with Crippen LogP contribution in [0.4, 0.5) is 0 Å². The largest absolute Gasteiger partial charge is 0.497 e. The van der Waals surface area contributed by atoms with E-state index in [0.29, 0.717) is 26.4 Å². The van der Waals surface area contributed by atoms with E-state index < -0.39 is 12.0 Å². The van der Waals surface area contributed by atoms with Crippen molar-refractivity contribution in [1.29, 1.82) is 0 Å². The van der Waals surface area contributed by atoms with E-state index >= 15 is 0 Å². The Hall–Kier alpha value is -3.65. The number of thiazole rings is 1. The summed E-state index contributed by atoms with van der Waals surface area (Å²) in [5.41, 5.74) is 2.31. The smallest absolute Gasteiger partial charge is 0.338 e. The number of hydrogen-bond donors (Lipinski definition) is 0. The van der Waals surface area contributed by atoms with Gasteiger partial charge in [0, 0.05) is 0 Å². The van der Waals surface area contributed by atoms with Crippen LogP contribution in [0.2, 0.25) is 0 Å². The van der Waals surface area contributed by atoms with Gasteiger partial charge in [0.25, 0.3) is 5.56 Å². The molecule has 182 valence electrons. The Labute approximate surface area is 207 Å². The van der Waals surface area contributed by atoms with Crippen molar-refractivity contribution >= 4 is 23.4 Å². The second kappa shape index (κ2) is 10.3. The van der Waals surface area contributed by atoms with Gasteiger partial charge in [0.05, 0.1) is 41.7 Å². The molecule has 0 aliphatic carbocycles. The van der Waals surface area contributed by atoms with Crippen molar-refractivity contribution in [3.05, 3.63) is 90.6 Å². The molecular weight excluding hydrogens is 464 g/mol. The van der Waals surface area contributed by atoms with Crippen molar-refractivity contribution in [3.63, 3.8) is 0 Å². The first kappa shape index (κ1) is 24.5. The molecule has 0 bridgehead atoms. The minimum Gasteiger partial charge on any atom is -0.497 e. The first-order valence-electron chi connectivity index (χ1n) is 11.4. The zero-order valence-corrected chi connectivity index (χ0v) is 21.2. The lowest BCUT2D eigenvalue weighted by atomic mass is 9.96. The maximum Gasteiger partial charge on any atom is 0.338 e. The summed E-state index contributed by atoms with van der Waals surface area (Å²) >= 11 is 1.29. The third-order valence-electron chi connectivity index (χ3n) is 5.50. The summed E-state index contributed by atoms with van der Waals surface area (Å²) in [7, 11) is 1.59. The lowest BCUT2D eigenvalue weighted by Gasteiger charge is -2.24. The van der Waals surface area contributed by atoms with Gasteiger partial charge in [-0.05, 0) is 69.2 Å². The molecule has 3 aromatic rings. The van der Waals surface area contributed by atoms with Crippen LogP contribution in [0, 0.1) is 0 Å². The Bertz CT molecular complexity index is 1430. The molecule has 1 aliphatic heterocycles. The Balaban J connectivity index is 1.85. The summed E-state index contributed by atoms with van der Waals surface area (Å²) in [4.78, 5) is 31.7. The van der Waals surface area contributed by atoms with Crippen LogP contribution in [0.15, 0.2) is 69.6 Å². The highest BCUT2D eigenvalue weighted by atomic mass is 32.1. The molecule has 0 amide bonds. The van der Waals surface area contributed by atoms with Crippen LogP contribution in [0.25, 0.3) is 6.08 Å². The molecular formula is C27H28N2O5S. The topological polar surface area (TPSA) is 79.1 Å². The molecule has 8 heteroatoms. The van der Waals surface area contributed by atoms with E-state index in [4.69, 9.17) is 14.2 Å². The number of carbonyl (C=O) groups excluding carboxylic acids is 1. The predicted molar refractivity (Wildman–Crippen MR) is 136 cm³/mol. The fraction of sp³-hybridized carbons (Fsp3) is 0.296. The molecule has 0 spiro atoms. The number of esters is 1. The van der Waals surface area contributed by atoms with Gasteiger partial charge in [0.2, 0.25) is 0 Å². The zero-order valence-electron chi connectivity index (χ0n) is 20.4. The van der Waals surface area contributed by atoms with Crippen molar-refractivity contribution in [2.24, 2.45) is 4.99 Å². The second-order valence-corrected chi connectivity index (χ2v) is 9.32. The molecule has 0 saturated carbocycles. The molecule has 35 heavy (non-hydrogen) atoms. The summed E-state index contributed by atoms with van der Waals surface area (Å²) < 4.78 is 18.4. The normalized spacial score (nSPS) is 15.6. The van der Waals surface area contributed by atoms with Crippen molar-refractivity contribution < 1.29 is 19.0 Å². The number of ether oxygens (including phenoxy) is 3. The Morgan fingerprint density at radius 3 is 2.37 bits per heavy atom. The maximum atomic E-state index is 13.6. The fourth-order valence-electron chi connectivity index (χ4n) is 3.96. The lowest BCUT2D eigenvalue weighted by molar-refractivity contribution is -0.139. The number of methoxy groups -OCH3 is 1. The number of allylic oxidation sites excluding steroid dienone is 1. The first-order valence-corrected chi connectivity index (χ1v) is 12.2. The van der Waals surface area contributed by atoms with Crippen molar-refractivity contribution in [3.8, 4) is 11.5 Å². The molecule has 0 N–H and O–H groups in total. The second-order valence-electron chi connectivity index (χ2n) is 8.31. The van der Waals surface area contributed by atoms with Gasteiger partial charge in [0.1, 0.15) is 11.5 Å².